The molecule has 4 aliphatic rings. The molecule has 0 N–H and O–H groups in total. The normalized spacial score (nSPS) is 19.4. The van der Waals surface area contributed by atoms with Gasteiger partial charge < -0.3 is 47.4 Å². The number of rotatable bonds is 20. The second-order valence-corrected chi connectivity index (χ2v) is 16.8. The lowest BCUT2D eigenvalue weighted by molar-refractivity contribution is 0.118. The first kappa shape index (κ1) is 40.5. The smallest absolute Gasteiger partial charge is 0.230 e. The summed E-state index contributed by atoms with van der Waals surface area (Å²) < 4.78 is 58.2. The van der Waals surface area contributed by atoms with Crippen LogP contribution in [0.5, 0.6) is 34.5 Å². The Balaban J connectivity index is 0.805. The Labute approximate surface area is 365 Å². The molecule has 4 fully saturated rings. The monoisotopic (exact) mass is 846 g/mol. The highest BCUT2D eigenvalue weighted by Gasteiger charge is 2.31. The van der Waals surface area contributed by atoms with Gasteiger partial charge in [-0.15, -0.1) is 0 Å². The molecule has 6 aromatic carbocycles. The Hall–Kier alpha value is -6.54. The third-order valence-corrected chi connectivity index (χ3v) is 11.8. The number of nitriles is 1. The number of nitrogens with zero attached hydrogens (tertiary/aromatic N) is 2. The maximum atomic E-state index is 9.75. The molecule has 0 aromatic heterocycles. The van der Waals surface area contributed by atoms with Crippen molar-refractivity contribution in [3.05, 3.63) is 136 Å². The summed E-state index contributed by atoms with van der Waals surface area (Å²) in [6.45, 7) is 15.8. The Bertz CT molecular complexity index is 2570. The van der Waals surface area contributed by atoms with Gasteiger partial charge >= 0.3 is 0 Å². The summed E-state index contributed by atoms with van der Waals surface area (Å²) in [6, 6.07) is 33.9. The molecule has 0 radical (unpaired) electrons. The molecule has 12 heteroatoms. The van der Waals surface area contributed by atoms with E-state index in [2.05, 4.69) is 49.0 Å². The molecular weight excluding hydrogens is 801 g/mol. The van der Waals surface area contributed by atoms with Gasteiger partial charge in [-0.25, -0.2) is 4.85 Å². The van der Waals surface area contributed by atoms with Crippen LogP contribution in [0.1, 0.15) is 41.7 Å². The van der Waals surface area contributed by atoms with Crippen LogP contribution in [0.3, 0.4) is 0 Å². The van der Waals surface area contributed by atoms with Gasteiger partial charge in [0.05, 0.1) is 50.8 Å². The molecule has 6 aromatic rings. The number of fused-ring (bicyclic) bond motifs is 2. The molecule has 0 spiro atoms. The highest BCUT2D eigenvalue weighted by Crippen LogP contribution is 2.39. The van der Waals surface area contributed by atoms with Crippen molar-refractivity contribution in [2.75, 3.05) is 53.2 Å². The van der Waals surface area contributed by atoms with E-state index >= 15 is 0 Å². The van der Waals surface area contributed by atoms with Crippen molar-refractivity contribution in [3.63, 3.8) is 0 Å². The quantitative estimate of drug-likeness (QED) is 0.0414. The van der Waals surface area contributed by atoms with Crippen LogP contribution >= 0.6 is 0 Å². The van der Waals surface area contributed by atoms with Crippen molar-refractivity contribution in [1.29, 1.82) is 5.26 Å². The van der Waals surface area contributed by atoms with Gasteiger partial charge in [-0.2, -0.15) is 5.26 Å². The summed E-state index contributed by atoms with van der Waals surface area (Å²) >= 11 is 0. The van der Waals surface area contributed by atoms with Crippen LogP contribution in [0.4, 0.5) is 5.69 Å². The summed E-state index contributed by atoms with van der Waals surface area (Å²) in [5.74, 6) is 3.86. The SMILES string of the molecule is [C-]#[N+]c1cc2cc(OCOc3ccc(C(C)(C)c4ccc(OCOc5ccc6cc(OCC7CO7)c(C#N)cc6c5)c(CC5CO5)c4)cc3CC3CO3)ccc2cc1OCC1CO1. The van der Waals surface area contributed by atoms with Gasteiger partial charge in [0.25, 0.3) is 0 Å². The highest BCUT2D eigenvalue weighted by atomic mass is 16.7. The molecule has 0 bridgehead atoms. The van der Waals surface area contributed by atoms with Crippen LogP contribution in [-0.4, -0.2) is 77.6 Å². The van der Waals surface area contributed by atoms with Crippen molar-refractivity contribution in [1.82, 2.24) is 0 Å². The van der Waals surface area contributed by atoms with Crippen LogP contribution in [-0.2, 0) is 37.2 Å². The molecule has 4 aliphatic heterocycles. The van der Waals surface area contributed by atoms with E-state index in [1.165, 1.54) is 0 Å². The standard InChI is InChI=1S/C51H46N2O10/c1-51(2,38-6-10-47(35(13-38)17-42-23-54-42)62-29-60-40-8-4-31-20-49(58-27-44-25-56-44)37(22-52)12-33(31)15-40)39-7-11-48(36(14-39)18-43-24-55-43)63-30-61-41-9-5-32-21-50(59-28-45-26-57-45)46(53-3)19-34(32)16-41/h4-16,19-21,42-45H,17-18,23-30H2,1-2H3. The number of hydrogen-bond donors (Lipinski definition) is 0. The average molecular weight is 847 g/mol. The van der Waals surface area contributed by atoms with Crippen LogP contribution in [0, 0.1) is 17.9 Å². The first-order valence-electron chi connectivity index (χ1n) is 21.2. The summed E-state index contributed by atoms with van der Waals surface area (Å²) in [5.41, 5.74) is 4.93. The molecule has 63 heavy (non-hydrogen) atoms. The second-order valence-electron chi connectivity index (χ2n) is 16.8. The van der Waals surface area contributed by atoms with E-state index in [1.54, 1.807) is 0 Å². The maximum absolute atomic E-state index is 9.75. The first-order valence-corrected chi connectivity index (χ1v) is 21.2. The summed E-state index contributed by atoms with van der Waals surface area (Å²) in [4.78, 5) is 3.68. The van der Waals surface area contributed by atoms with Crippen molar-refractivity contribution < 1.29 is 47.4 Å². The Morgan fingerprint density at radius 2 is 1.05 bits per heavy atom. The van der Waals surface area contributed by atoms with Gasteiger partial charge in [0.2, 0.25) is 19.3 Å². The Morgan fingerprint density at radius 3 is 1.54 bits per heavy atom. The minimum absolute atomic E-state index is 0.00926. The van der Waals surface area contributed by atoms with E-state index in [9.17, 15) is 5.26 Å². The molecule has 4 heterocycles. The number of hydrogen-bond acceptors (Lipinski definition) is 11. The van der Waals surface area contributed by atoms with E-state index in [-0.39, 0.29) is 43.4 Å². The van der Waals surface area contributed by atoms with Gasteiger partial charge in [0.15, 0.2) is 0 Å². The molecule has 12 nitrogen and oxygen atoms in total. The fourth-order valence-electron chi connectivity index (χ4n) is 7.67. The summed E-state index contributed by atoms with van der Waals surface area (Å²) in [7, 11) is 0. The third kappa shape index (κ3) is 9.76. The molecule has 4 unspecified atom stereocenters. The fourth-order valence-corrected chi connectivity index (χ4v) is 7.67. The summed E-state index contributed by atoms with van der Waals surface area (Å²) in [6.07, 6.45) is 1.98. The second kappa shape index (κ2) is 17.3. The van der Waals surface area contributed by atoms with Crippen LogP contribution in [0.2, 0.25) is 0 Å². The van der Waals surface area contributed by atoms with Crippen molar-refractivity contribution >= 4 is 27.2 Å². The van der Waals surface area contributed by atoms with Crippen molar-refractivity contribution in [2.45, 2.75) is 56.5 Å². The first-order chi connectivity index (χ1) is 30.8. The Morgan fingerprint density at radius 1 is 0.556 bits per heavy atom. The van der Waals surface area contributed by atoms with Gasteiger partial charge in [0.1, 0.15) is 66.0 Å². The fraction of sp³-hybridized carbons (Fsp3) is 0.333. The molecule has 4 saturated heterocycles. The predicted octanol–water partition coefficient (Wildman–Crippen LogP) is 9.01. The highest BCUT2D eigenvalue weighted by molar-refractivity contribution is 5.90. The number of benzene rings is 6. The van der Waals surface area contributed by atoms with Crippen LogP contribution in [0.25, 0.3) is 26.4 Å². The Kier molecular flexibility index (Phi) is 11.1. The molecule has 4 atom stereocenters. The van der Waals surface area contributed by atoms with Gasteiger partial charge in [-0.3, -0.25) is 0 Å². The van der Waals surface area contributed by atoms with E-state index in [4.69, 9.17) is 53.9 Å². The lowest BCUT2D eigenvalue weighted by Crippen LogP contribution is -2.20. The zero-order valence-electron chi connectivity index (χ0n) is 35.1. The minimum atomic E-state index is -0.363. The number of ether oxygens (including phenoxy) is 10. The topological polar surface area (TPSA) is 134 Å². The molecule has 320 valence electrons. The van der Waals surface area contributed by atoms with Crippen LogP contribution < -0.4 is 28.4 Å². The van der Waals surface area contributed by atoms with E-state index < -0.39 is 0 Å². The molecular formula is C51H46N2O10. The van der Waals surface area contributed by atoms with Gasteiger partial charge in [-0.05, 0) is 104 Å². The zero-order valence-corrected chi connectivity index (χ0v) is 35.1. The van der Waals surface area contributed by atoms with Gasteiger partial charge in [-0.1, -0.05) is 50.2 Å². The predicted molar refractivity (Wildman–Crippen MR) is 233 cm³/mol. The van der Waals surface area contributed by atoms with Crippen LogP contribution in [0.15, 0.2) is 97.1 Å². The lowest BCUT2D eigenvalue weighted by Gasteiger charge is -2.28. The largest absolute Gasteiger partial charge is 0.502 e. The number of epoxide rings is 4. The third-order valence-electron chi connectivity index (χ3n) is 11.8. The zero-order chi connectivity index (χ0) is 42.9. The van der Waals surface area contributed by atoms with E-state index in [0.717, 1.165) is 81.4 Å². The molecule has 0 aliphatic carbocycles. The molecule has 0 saturated carbocycles. The van der Waals surface area contributed by atoms with E-state index in [0.29, 0.717) is 60.7 Å². The average Bonchev–Trinajstić information content (AvgIpc) is 4.06. The van der Waals surface area contributed by atoms with Crippen molar-refractivity contribution in [3.8, 4) is 40.6 Å². The van der Waals surface area contributed by atoms with E-state index in [1.807, 2.05) is 72.8 Å². The minimum Gasteiger partial charge on any atom is -0.502 e. The maximum Gasteiger partial charge on any atom is 0.230 e. The lowest BCUT2D eigenvalue weighted by atomic mass is 9.76. The molecule has 0 amide bonds. The van der Waals surface area contributed by atoms with Gasteiger partial charge in [0, 0.05) is 18.3 Å². The molecule has 10 rings (SSSR count). The van der Waals surface area contributed by atoms with Crippen molar-refractivity contribution in [2.24, 2.45) is 0 Å². The summed E-state index contributed by atoms with van der Waals surface area (Å²) in [5, 5.41) is 13.4.